The minimum absolute atomic E-state index is 0.0157. The second-order valence-corrected chi connectivity index (χ2v) is 5.33. The Bertz CT molecular complexity index is 519. The molecule has 3 N–H and O–H groups in total. The minimum Gasteiger partial charge on any atom is -0.396 e. The van der Waals surface area contributed by atoms with Crippen LogP contribution in [0, 0.1) is 16.0 Å². The average Bonchev–Trinajstić information content (AvgIpc) is 2.47. The van der Waals surface area contributed by atoms with Gasteiger partial charge < -0.3 is 15.7 Å². The summed E-state index contributed by atoms with van der Waals surface area (Å²) in [5.74, 6) is 0.209. The van der Waals surface area contributed by atoms with Crippen LogP contribution in [0.5, 0.6) is 0 Å². The number of amides is 2. The molecule has 1 aromatic rings. The molecule has 7 nitrogen and oxygen atoms in total. The summed E-state index contributed by atoms with van der Waals surface area (Å²) in [6.45, 7) is 2.56. The topological polar surface area (TPSA) is 104 Å². The van der Waals surface area contributed by atoms with Crippen molar-refractivity contribution in [2.24, 2.45) is 5.92 Å². The van der Waals surface area contributed by atoms with Gasteiger partial charge in [0.1, 0.15) is 5.02 Å². The number of nitro benzene ring substituents is 1. The van der Waals surface area contributed by atoms with Crippen LogP contribution >= 0.6 is 11.6 Å². The second-order valence-electron chi connectivity index (χ2n) is 4.93. The fourth-order valence-electron chi connectivity index (χ4n) is 2.08. The van der Waals surface area contributed by atoms with E-state index in [9.17, 15) is 14.9 Å². The molecule has 1 aromatic carbocycles. The number of anilines is 1. The number of nitro groups is 1. The number of benzene rings is 1. The summed E-state index contributed by atoms with van der Waals surface area (Å²) < 4.78 is 0. The molecule has 0 aliphatic heterocycles. The Hall–Kier alpha value is -1.86. The van der Waals surface area contributed by atoms with E-state index in [-0.39, 0.29) is 23.2 Å². The highest BCUT2D eigenvalue weighted by molar-refractivity contribution is 6.32. The summed E-state index contributed by atoms with van der Waals surface area (Å²) in [6, 6.07) is 3.61. The molecule has 0 fully saturated rings. The molecule has 0 saturated heterocycles. The van der Waals surface area contributed by atoms with Gasteiger partial charge in [-0.15, -0.1) is 0 Å². The van der Waals surface area contributed by atoms with Crippen molar-refractivity contribution < 1.29 is 14.8 Å². The number of carbonyl (C=O) groups excluding carboxylic acids is 1. The molecule has 122 valence electrons. The van der Waals surface area contributed by atoms with E-state index in [4.69, 9.17) is 16.7 Å². The summed E-state index contributed by atoms with van der Waals surface area (Å²) in [5, 5.41) is 25.0. The van der Waals surface area contributed by atoms with Gasteiger partial charge in [0.25, 0.3) is 5.69 Å². The lowest BCUT2D eigenvalue weighted by molar-refractivity contribution is -0.384. The average molecular weight is 330 g/mol. The van der Waals surface area contributed by atoms with Crippen molar-refractivity contribution in [3.05, 3.63) is 33.3 Å². The lowest BCUT2D eigenvalue weighted by Gasteiger charge is -2.16. The largest absolute Gasteiger partial charge is 0.396 e. The smallest absolute Gasteiger partial charge is 0.319 e. The first-order valence-corrected chi connectivity index (χ1v) is 7.45. The maximum absolute atomic E-state index is 11.8. The Morgan fingerprint density at radius 1 is 1.45 bits per heavy atom. The zero-order valence-corrected chi connectivity index (χ0v) is 13.1. The molecule has 1 rings (SSSR count). The van der Waals surface area contributed by atoms with E-state index in [1.165, 1.54) is 18.2 Å². The number of aliphatic hydroxyl groups excluding tert-OH is 1. The van der Waals surface area contributed by atoms with Crippen LogP contribution in [0.4, 0.5) is 16.2 Å². The molecule has 0 heterocycles. The van der Waals surface area contributed by atoms with Crippen molar-refractivity contribution in [1.82, 2.24) is 5.32 Å². The molecule has 0 bridgehead atoms. The minimum atomic E-state index is -0.607. The predicted molar refractivity (Wildman–Crippen MR) is 85.2 cm³/mol. The molecule has 8 heteroatoms. The molecule has 0 aromatic heterocycles. The Labute approximate surface area is 133 Å². The number of rotatable bonds is 8. The highest BCUT2D eigenvalue weighted by Gasteiger charge is 2.14. The molecule has 1 atom stereocenters. The molecule has 0 spiro atoms. The highest BCUT2D eigenvalue weighted by atomic mass is 35.5. The first kappa shape index (κ1) is 18.2. The van der Waals surface area contributed by atoms with Crippen molar-refractivity contribution in [2.45, 2.75) is 26.2 Å². The molecule has 22 heavy (non-hydrogen) atoms. The normalized spacial score (nSPS) is 11.8. The van der Waals surface area contributed by atoms with Gasteiger partial charge in [0.05, 0.1) is 4.92 Å². The van der Waals surface area contributed by atoms with Crippen LogP contribution in [0.2, 0.25) is 5.02 Å². The van der Waals surface area contributed by atoms with E-state index in [0.717, 1.165) is 12.8 Å². The van der Waals surface area contributed by atoms with E-state index in [1.807, 2.05) is 6.92 Å². The fraction of sp³-hybridized carbons (Fsp3) is 0.500. The number of carbonyl (C=O) groups is 1. The van der Waals surface area contributed by atoms with Crippen molar-refractivity contribution in [2.75, 3.05) is 18.5 Å². The summed E-state index contributed by atoms with van der Waals surface area (Å²) in [4.78, 5) is 22.0. The molecular formula is C14H20ClN3O4. The standard InChI is InChI=1S/C14H20ClN3O4/c1-2-3-10(6-7-19)9-16-14(20)17-11-4-5-12(15)13(8-11)18(21)22/h4-5,8,10,19H,2-3,6-7,9H2,1H3,(H2,16,17,20). The maximum atomic E-state index is 11.8. The van der Waals surface area contributed by atoms with Crippen LogP contribution in [-0.4, -0.2) is 29.2 Å². The number of urea groups is 1. The summed E-state index contributed by atoms with van der Waals surface area (Å²) in [6.07, 6.45) is 2.51. The van der Waals surface area contributed by atoms with E-state index in [0.29, 0.717) is 18.7 Å². The first-order valence-electron chi connectivity index (χ1n) is 7.07. The zero-order valence-electron chi connectivity index (χ0n) is 12.3. The first-order chi connectivity index (χ1) is 10.5. The van der Waals surface area contributed by atoms with Crippen LogP contribution < -0.4 is 10.6 Å². The monoisotopic (exact) mass is 329 g/mol. The number of nitrogens with one attached hydrogen (secondary N) is 2. The number of hydrogen-bond acceptors (Lipinski definition) is 4. The second kappa shape index (κ2) is 9.22. The Morgan fingerprint density at radius 3 is 2.77 bits per heavy atom. The lowest BCUT2D eigenvalue weighted by Crippen LogP contribution is -2.33. The third-order valence-electron chi connectivity index (χ3n) is 3.19. The Kier molecular flexibility index (Phi) is 7.62. The number of nitrogens with zero attached hydrogens (tertiary/aromatic N) is 1. The molecule has 2 amide bonds. The van der Waals surface area contributed by atoms with E-state index < -0.39 is 11.0 Å². The van der Waals surface area contributed by atoms with E-state index >= 15 is 0 Å². The molecular weight excluding hydrogens is 310 g/mol. The van der Waals surface area contributed by atoms with Crippen LogP contribution in [-0.2, 0) is 0 Å². The predicted octanol–water partition coefficient (Wildman–Crippen LogP) is 3.17. The molecule has 0 aliphatic carbocycles. The van der Waals surface area contributed by atoms with Gasteiger partial charge in [0, 0.05) is 24.9 Å². The maximum Gasteiger partial charge on any atom is 0.319 e. The van der Waals surface area contributed by atoms with Gasteiger partial charge in [-0.1, -0.05) is 24.9 Å². The van der Waals surface area contributed by atoms with Gasteiger partial charge in [-0.05, 0) is 30.9 Å². The fourth-order valence-corrected chi connectivity index (χ4v) is 2.27. The Morgan fingerprint density at radius 2 is 2.18 bits per heavy atom. The Balaban J connectivity index is 2.58. The summed E-state index contributed by atoms with van der Waals surface area (Å²) in [7, 11) is 0. The van der Waals surface area contributed by atoms with Gasteiger partial charge in [0.15, 0.2) is 0 Å². The molecule has 0 aliphatic rings. The van der Waals surface area contributed by atoms with Crippen molar-refractivity contribution in [1.29, 1.82) is 0 Å². The van der Waals surface area contributed by atoms with Crippen molar-refractivity contribution in [3.8, 4) is 0 Å². The van der Waals surface area contributed by atoms with Crippen LogP contribution in [0.25, 0.3) is 0 Å². The molecule has 0 radical (unpaired) electrons. The summed E-state index contributed by atoms with van der Waals surface area (Å²) in [5.41, 5.74) is 0.0337. The van der Waals surface area contributed by atoms with Gasteiger partial charge in [-0.3, -0.25) is 10.1 Å². The van der Waals surface area contributed by atoms with Gasteiger partial charge in [0.2, 0.25) is 0 Å². The zero-order chi connectivity index (χ0) is 16.5. The quantitative estimate of drug-likeness (QED) is 0.503. The summed E-state index contributed by atoms with van der Waals surface area (Å²) >= 11 is 5.71. The molecule has 1 unspecified atom stereocenters. The van der Waals surface area contributed by atoms with Gasteiger partial charge >= 0.3 is 6.03 Å². The third-order valence-corrected chi connectivity index (χ3v) is 3.51. The van der Waals surface area contributed by atoms with Gasteiger partial charge in [-0.2, -0.15) is 0 Å². The van der Waals surface area contributed by atoms with Crippen LogP contribution in [0.1, 0.15) is 26.2 Å². The van der Waals surface area contributed by atoms with E-state index in [2.05, 4.69) is 10.6 Å². The lowest BCUT2D eigenvalue weighted by atomic mass is 10.0. The SMILES string of the molecule is CCCC(CCO)CNC(=O)Nc1ccc(Cl)c([N+](=O)[O-])c1. The molecule has 0 saturated carbocycles. The number of hydrogen-bond donors (Lipinski definition) is 3. The van der Waals surface area contributed by atoms with Crippen LogP contribution in [0.15, 0.2) is 18.2 Å². The third kappa shape index (κ3) is 5.87. The van der Waals surface area contributed by atoms with E-state index in [1.54, 1.807) is 0 Å². The van der Waals surface area contributed by atoms with Crippen molar-refractivity contribution >= 4 is 29.0 Å². The van der Waals surface area contributed by atoms with Gasteiger partial charge in [-0.25, -0.2) is 4.79 Å². The highest BCUT2D eigenvalue weighted by Crippen LogP contribution is 2.27. The number of aliphatic hydroxyl groups is 1. The number of halogens is 1. The van der Waals surface area contributed by atoms with Crippen LogP contribution in [0.3, 0.4) is 0 Å². The van der Waals surface area contributed by atoms with Crippen molar-refractivity contribution in [3.63, 3.8) is 0 Å².